The van der Waals surface area contributed by atoms with Crippen molar-refractivity contribution in [3.05, 3.63) is 64.9 Å². The number of aromatic nitrogens is 3. The maximum Gasteiger partial charge on any atom is 0.416 e. The van der Waals surface area contributed by atoms with Gasteiger partial charge in [0.05, 0.1) is 5.56 Å². The fourth-order valence-corrected chi connectivity index (χ4v) is 3.61. The summed E-state index contributed by atoms with van der Waals surface area (Å²) < 4.78 is 38.2. The minimum Gasteiger partial charge on any atom is -0.353 e. The van der Waals surface area contributed by atoms with Crippen molar-refractivity contribution < 1.29 is 13.2 Å². The average molecular weight is 449 g/mol. The van der Waals surface area contributed by atoms with Gasteiger partial charge in [-0.05, 0) is 42.8 Å². The molecule has 0 atom stereocenters. The lowest BCUT2D eigenvalue weighted by Gasteiger charge is -2.36. The Morgan fingerprint density at radius 2 is 1.65 bits per heavy atom. The summed E-state index contributed by atoms with van der Waals surface area (Å²) in [4.78, 5) is 17.5. The predicted molar refractivity (Wildman–Crippen MR) is 115 cm³/mol. The van der Waals surface area contributed by atoms with Crippen LogP contribution in [0.5, 0.6) is 0 Å². The van der Waals surface area contributed by atoms with E-state index in [0.29, 0.717) is 30.5 Å². The van der Waals surface area contributed by atoms with Gasteiger partial charge in [0.25, 0.3) is 0 Å². The Labute approximate surface area is 182 Å². The van der Waals surface area contributed by atoms with Gasteiger partial charge in [0.15, 0.2) is 0 Å². The molecule has 3 aromatic rings. The second kappa shape index (κ2) is 8.58. The summed E-state index contributed by atoms with van der Waals surface area (Å²) >= 11 is 6.18. The van der Waals surface area contributed by atoms with Gasteiger partial charge < -0.3 is 15.1 Å². The van der Waals surface area contributed by atoms with E-state index in [2.05, 4.69) is 25.2 Å². The Kier molecular flexibility index (Phi) is 5.86. The number of nitrogens with zero attached hydrogens (tertiary/aromatic N) is 5. The molecule has 2 aromatic heterocycles. The largest absolute Gasteiger partial charge is 0.416 e. The number of halogens is 4. The molecule has 0 spiro atoms. The number of aryl methyl sites for hydroxylation is 1. The zero-order valence-corrected chi connectivity index (χ0v) is 17.5. The van der Waals surface area contributed by atoms with Crippen LogP contribution in [0.15, 0.2) is 48.7 Å². The summed E-state index contributed by atoms with van der Waals surface area (Å²) in [5.41, 5.74) is 0.891. The highest BCUT2D eigenvalue weighted by molar-refractivity contribution is 6.29. The van der Waals surface area contributed by atoms with Crippen LogP contribution >= 0.6 is 11.6 Å². The standard InChI is InChI=1S/C21H20ClF3N6/c1-14-3-2-8-26-19(14)30-9-11-31(12-10-30)20-28-17(22)13-18(29-20)27-16-6-4-15(5-7-16)21(23,24)25/h2-8,13H,9-12H2,1H3,(H,27,28,29). The third-order valence-corrected chi connectivity index (χ3v) is 5.21. The quantitative estimate of drug-likeness (QED) is 0.571. The SMILES string of the molecule is Cc1cccnc1N1CCN(c2nc(Cl)cc(Nc3ccc(C(F)(F)F)cc3)n2)CC1. The van der Waals surface area contributed by atoms with Crippen molar-refractivity contribution in [3.8, 4) is 0 Å². The van der Waals surface area contributed by atoms with E-state index >= 15 is 0 Å². The van der Waals surface area contributed by atoms with Crippen LogP contribution in [0.25, 0.3) is 0 Å². The van der Waals surface area contributed by atoms with Gasteiger partial charge in [-0.3, -0.25) is 0 Å². The van der Waals surface area contributed by atoms with Gasteiger partial charge in [0.1, 0.15) is 16.8 Å². The highest BCUT2D eigenvalue weighted by Crippen LogP contribution is 2.30. The number of benzene rings is 1. The number of rotatable bonds is 4. The Bertz CT molecular complexity index is 1050. The fourth-order valence-electron chi connectivity index (χ4n) is 3.43. The van der Waals surface area contributed by atoms with Gasteiger partial charge in [-0.15, -0.1) is 0 Å². The summed E-state index contributed by atoms with van der Waals surface area (Å²) in [5.74, 6) is 1.86. The molecule has 31 heavy (non-hydrogen) atoms. The van der Waals surface area contributed by atoms with E-state index in [-0.39, 0.29) is 5.15 Å². The first-order valence-corrected chi connectivity index (χ1v) is 10.1. The summed E-state index contributed by atoms with van der Waals surface area (Å²) in [7, 11) is 0. The summed E-state index contributed by atoms with van der Waals surface area (Å²) in [6.45, 7) is 4.94. The van der Waals surface area contributed by atoms with Crippen molar-refractivity contribution in [1.82, 2.24) is 15.0 Å². The second-order valence-electron chi connectivity index (χ2n) is 7.19. The van der Waals surface area contributed by atoms with Gasteiger partial charge in [-0.1, -0.05) is 17.7 Å². The molecule has 1 aliphatic heterocycles. The van der Waals surface area contributed by atoms with Crippen LogP contribution in [0.4, 0.5) is 36.4 Å². The first kappa shape index (κ1) is 21.2. The molecule has 4 rings (SSSR count). The van der Waals surface area contributed by atoms with Crippen molar-refractivity contribution in [2.45, 2.75) is 13.1 Å². The number of hydrogen-bond acceptors (Lipinski definition) is 6. The average Bonchev–Trinajstić information content (AvgIpc) is 2.74. The molecule has 1 aliphatic rings. The number of pyridine rings is 1. The topological polar surface area (TPSA) is 57.2 Å². The molecule has 0 saturated carbocycles. The van der Waals surface area contributed by atoms with Gasteiger partial charge >= 0.3 is 6.18 Å². The van der Waals surface area contributed by atoms with Crippen LogP contribution in [0.3, 0.4) is 0 Å². The van der Waals surface area contributed by atoms with Crippen molar-refractivity contribution in [2.24, 2.45) is 0 Å². The molecule has 6 nitrogen and oxygen atoms in total. The molecule has 0 unspecified atom stereocenters. The van der Waals surface area contributed by atoms with Crippen LogP contribution in [-0.2, 0) is 6.18 Å². The van der Waals surface area contributed by atoms with Crippen LogP contribution in [-0.4, -0.2) is 41.1 Å². The smallest absolute Gasteiger partial charge is 0.353 e. The Morgan fingerprint density at radius 1 is 0.968 bits per heavy atom. The number of anilines is 4. The lowest BCUT2D eigenvalue weighted by molar-refractivity contribution is -0.137. The van der Waals surface area contributed by atoms with E-state index in [1.54, 1.807) is 6.20 Å². The molecule has 10 heteroatoms. The summed E-state index contributed by atoms with van der Waals surface area (Å²) in [6, 6.07) is 10.2. The molecule has 1 saturated heterocycles. The van der Waals surface area contributed by atoms with E-state index < -0.39 is 11.7 Å². The molecule has 1 N–H and O–H groups in total. The maximum absolute atomic E-state index is 12.7. The number of alkyl halides is 3. The molecule has 0 bridgehead atoms. The Balaban J connectivity index is 1.45. The Hall–Kier alpha value is -3.07. The molecule has 3 heterocycles. The van der Waals surface area contributed by atoms with Crippen LogP contribution in [0.2, 0.25) is 5.15 Å². The van der Waals surface area contributed by atoms with Crippen molar-refractivity contribution >= 4 is 34.9 Å². The van der Waals surface area contributed by atoms with Crippen molar-refractivity contribution in [3.63, 3.8) is 0 Å². The van der Waals surface area contributed by atoms with Crippen molar-refractivity contribution in [1.29, 1.82) is 0 Å². The third kappa shape index (κ3) is 4.99. The van der Waals surface area contributed by atoms with Gasteiger partial charge in [-0.2, -0.15) is 18.2 Å². The van der Waals surface area contributed by atoms with Gasteiger partial charge in [-0.25, -0.2) is 9.97 Å². The first-order valence-electron chi connectivity index (χ1n) is 9.70. The molecule has 0 amide bonds. The summed E-state index contributed by atoms with van der Waals surface area (Å²) in [5, 5.41) is 3.25. The van der Waals surface area contributed by atoms with Gasteiger partial charge in [0, 0.05) is 44.1 Å². The van der Waals surface area contributed by atoms with E-state index in [0.717, 1.165) is 36.6 Å². The van der Waals surface area contributed by atoms with E-state index in [1.165, 1.54) is 18.2 Å². The zero-order valence-electron chi connectivity index (χ0n) is 16.7. The van der Waals surface area contributed by atoms with Crippen LogP contribution in [0.1, 0.15) is 11.1 Å². The second-order valence-corrected chi connectivity index (χ2v) is 7.58. The van der Waals surface area contributed by atoms with E-state index in [9.17, 15) is 13.2 Å². The highest BCUT2D eigenvalue weighted by atomic mass is 35.5. The number of piperazine rings is 1. The number of nitrogens with one attached hydrogen (secondary N) is 1. The molecule has 1 aromatic carbocycles. The lowest BCUT2D eigenvalue weighted by Crippen LogP contribution is -2.47. The predicted octanol–water partition coefficient (Wildman–Crippen LogP) is 4.92. The molecular weight excluding hydrogens is 429 g/mol. The Morgan fingerprint density at radius 3 is 2.29 bits per heavy atom. The van der Waals surface area contributed by atoms with Crippen LogP contribution in [0, 0.1) is 6.92 Å². The molecule has 0 aliphatic carbocycles. The number of hydrogen-bond donors (Lipinski definition) is 1. The monoisotopic (exact) mass is 448 g/mol. The maximum atomic E-state index is 12.7. The van der Waals surface area contributed by atoms with Gasteiger partial charge in [0.2, 0.25) is 5.95 Å². The summed E-state index contributed by atoms with van der Waals surface area (Å²) in [6.07, 6.45) is -2.59. The van der Waals surface area contributed by atoms with E-state index in [1.807, 2.05) is 24.0 Å². The molecule has 1 fully saturated rings. The molecular formula is C21H20ClF3N6. The first-order chi connectivity index (χ1) is 14.8. The molecule has 0 radical (unpaired) electrons. The van der Waals surface area contributed by atoms with E-state index in [4.69, 9.17) is 11.6 Å². The highest BCUT2D eigenvalue weighted by Gasteiger charge is 2.30. The van der Waals surface area contributed by atoms with Crippen molar-refractivity contribution in [2.75, 3.05) is 41.3 Å². The lowest BCUT2D eigenvalue weighted by atomic mass is 10.2. The molecule has 162 valence electrons. The third-order valence-electron chi connectivity index (χ3n) is 5.01. The zero-order chi connectivity index (χ0) is 22.0. The van der Waals surface area contributed by atoms with Crippen LogP contribution < -0.4 is 15.1 Å². The minimum atomic E-state index is -4.38. The fraction of sp³-hybridized carbons (Fsp3) is 0.286. The minimum absolute atomic E-state index is 0.252. The normalized spacial score (nSPS) is 14.6.